The Hall–Kier alpha value is -5.44. The van der Waals surface area contributed by atoms with Gasteiger partial charge in [0, 0.05) is 92.9 Å². The van der Waals surface area contributed by atoms with Crippen LogP contribution in [0.5, 0.6) is 0 Å². The molecular weight excluding hydrogens is 596 g/mol. The summed E-state index contributed by atoms with van der Waals surface area (Å²) in [6.45, 7) is 6.77. The van der Waals surface area contributed by atoms with Gasteiger partial charge in [0.1, 0.15) is 0 Å². The summed E-state index contributed by atoms with van der Waals surface area (Å²) in [7, 11) is 0. The van der Waals surface area contributed by atoms with Crippen molar-refractivity contribution in [1.29, 1.82) is 0 Å². The molecule has 48 heavy (non-hydrogen) atoms. The van der Waals surface area contributed by atoms with Gasteiger partial charge in [-0.1, -0.05) is 24.3 Å². The van der Waals surface area contributed by atoms with Crippen LogP contribution in [0.25, 0.3) is 23.3 Å². The summed E-state index contributed by atoms with van der Waals surface area (Å²) < 4.78 is 11.1. The lowest BCUT2D eigenvalue weighted by molar-refractivity contribution is 0.122. The number of hydrogen-bond donors (Lipinski definition) is 4. The van der Waals surface area contributed by atoms with Gasteiger partial charge in [-0.25, -0.2) is 0 Å². The van der Waals surface area contributed by atoms with Crippen LogP contribution in [0.1, 0.15) is 33.9 Å². The number of morpholine rings is 2. The summed E-state index contributed by atoms with van der Waals surface area (Å²) in [4.78, 5) is 19.6. The van der Waals surface area contributed by atoms with E-state index in [-0.39, 0.29) is 0 Å². The van der Waals surface area contributed by atoms with E-state index in [1.807, 2.05) is 0 Å². The molecule has 4 aromatic heterocycles. The molecule has 2 fully saturated rings. The summed E-state index contributed by atoms with van der Waals surface area (Å²) in [5.74, 6) is 0. The lowest BCUT2D eigenvalue weighted by atomic mass is 10.0. The molecule has 0 atom stereocenters. The van der Waals surface area contributed by atoms with E-state index in [1.54, 1.807) is 0 Å². The van der Waals surface area contributed by atoms with E-state index in [4.69, 9.17) is 9.47 Å². The maximum absolute atomic E-state index is 5.57. The van der Waals surface area contributed by atoms with Gasteiger partial charge in [-0.2, -0.15) is 0 Å². The number of nitrogens with zero attached hydrogens (tertiary/aromatic N) is 2. The molecule has 3 aliphatic heterocycles. The number of aromatic nitrogens is 4. The smallest absolute Gasteiger partial charge is 0.0642 e. The molecule has 3 aliphatic rings. The monoisotopic (exact) mass is 634 g/mol. The Morgan fingerprint density at radius 2 is 0.833 bits per heavy atom. The minimum atomic E-state index is 0.773. The first-order valence-electron chi connectivity index (χ1n) is 16.8. The van der Waals surface area contributed by atoms with Crippen molar-refractivity contribution < 1.29 is 9.47 Å². The molecule has 0 amide bonds. The first-order chi connectivity index (χ1) is 23.7. The highest BCUT2D eigenvalue weighted by Gasteiger charge is 2.16. The molecule has 0 unspecified atom stereocenters. The van der Waals surface area contributed by atoms with E-state index in [0.29, 0.717) is 0 Å². The zero-order valence-electron chi connectivity index (χ0n) is 26.8. The molecule has 4 N–H and O–H groups in total. The molecule has 2 saturated heterocycles. The summed E-state index contributed by atoms with van der Waals surface area (Å²) in [6.07, 6.45) is 4.34. The number of aromatic amines is 4. The van der Waals surface area contributed by atoms with Crippen LogP contribution in [0.4, 0.5) is 11.4 Å². The van der Waals surface area contributed by atoms with Gasteiger partial charge < -0.3 is 39.2 Å². The predicted molar refractivity (Wildman–Crippen MR) is 191 cm³/mol. The molecule has 8 bridgehead atoms. The molecule has 6 aromatic rings. The van der Waals surface area contributed by atoms with E-state index in [1.165, 1.54) is 11.4 Å². The SMILES string of the molecule is C1=c2ccc([nH]2)=C(c2ccc(N3CCOCC3)cc2)c2ccc([nH]2)C=c2ccc([nH]2)=C(c2ccc(N3CCOCC3)cc2)c2ccc1[nH]2. The molecule has 0 aliphatic carbocycles. The summed E-state index contributed by atoms with van der Waals surface area (Å²) in [5, 5.41) is 4.18. The fourth-order valence-electron chi connectivity index (χ4n) is 7.14. The minimum absolute atomic E-state index is 0.773. The van der Waals surface area contributed by atoms with Crippen LogP contribution in [0, 0.1) is 0 Å². The molecular formula is C40H38N6O2. The van der Waals surface area contributed by atoms with E-state index < -0.39 is 0 Å². The van der Waals surface area contributed by atoms with Gasteiger partial charge in [-0.05, 0) is 96.1 Å². The number of hydrogen-bond acceptors (Lipinski definition) is 4. The topological polar surface area (TPSA) is 88.1 Å². The summed E-state index contributed by atoms with van der Waals surface area (Å²) in [5.41, 5.74) is 11.2. The van der Waals surface area contributed by atoms with Gasteiger partial charge in [-0.15, -0.1) is 0 Å². The third kappa shape index (κ3) is 5.59. The Bertz CT molecular complexity index is 2140. The first kappa shape index (κ1) is 28.8. The lowest BCUT2D eigenvalue weighted by Crippen LogP contribution is -2.36. The Labute approximate surface area is 278 Å². The van der Waals surface area contributed by atoms with Crippen molar-refractivity contribution in [3.63, 3.8) is 0 Å². The predicted octanol–water partition coefficient (Wildman–Crippen LogP) is 3.14. The van der Waals surface area contributed by atoms with Crippen LogP contribution in [0.2, 0.25) is 0 Å². The fourth-order valence-corrected chi connectivity index (χ4v) is 7.14. The second-order valence-electron chi connectivity index (χ2n) is 12.6. The molecule has 0 spiro atoms. The van der Waals surface area contributed by atoms with Crippen LogP contribution < -0.4 is 31.2 Å². The maximum atomic E-state index is 5.57. The number of fused-ring (bicyclic) bond motifs is 8. The van der Waals surface area contributed by atoms with Crippen molar-refractivity contribution in [2.45, 2.75) is 0 Å². The standard InChI is InChI=1S/C40H38N6O2/c1-9-33(45-17-21-47-22-18-45)10-2-27(1)39-35-13-5-29(41-35)25-31-7-15-37(43-31)40(28-3-11-34(12-4-28)46-19-23-48-24-20-46)38-16-8-32(44-38)26-30-6-14-36(39)42-30/h1-16,25-26,41-44H,17-24H2. The van der Waals surface area contributed by atoms with Crippen molar-refractivity contribution in [3.05, 3.63) is 152 Å². The molecule has 9 rings (SSSR count). The maximum Gasteiger partial charge on any atom is 0.0642 e. The number of anilines is 2. The molecule has 7 heterocycles. The average molecular weight is 635 g/mol. The first-order valence-corrected chi connectivity index (χ1v) is 16.8. The highest BCUT2D eigenvalue weighted by atomic mass is 16.5. The normalized spacial score (nSPS) is 16.5. The molecule has 0 radical (unpaired) electrons. The minimum Gasteiger partial charge on any atom is -0.378 e. The van der Waals surface area contributed by atoms with E-state index >= 15 is 0 Å². The van der Waals surface area contributed by atoms with Crippen LogP contribution in [0.3, 0.4) is 0 Å². The van der Waals surface area contributed by atoms with Crippen molar-refractivity contribution >= 4 is 34.7 Å². The lowest BCUT2D eigenvalue weighted by Gasteiger charge is -2.29. The number of rotatable bonds is 4. The van der Waals surface area contributed by atoms with Crippen LogP contribution >= 0.6 is 0 Å². The van der Waals surface area contributed by atoms with Crippen LogP contribution in [0.15, 0.2) is 97.1 Å². The Morgan fingerprint density at radius 1 is 0.417 bits per heavy atom. The molecule has 0 saturated carbocycles. The second kappa shape index (κ2) is 12.3. The van der Waals surface area contributed by atoms with Crippen molar-refractivity contribution in [2.24, 2.45) is 0 Å². The van der Waals surface area contributed by atoms with E-state index in [2.05, 4.69) is 139 Å². The van der Waals surface area contributed by atoms with Gasteiger partial charge in [0.05, 0.1) is 26.4 Å². The van der Waals surface area contributed by atoms with Gasteiger partial charge in [0.25, 0.3) is 0 Å². The molecule has 240 valence electrons. The highest BCUT2D eigenvalue weighted by molar-refractivity contribution is 5.80. The Balaban J connectivity index is 1.16. The van der Waals surface area contributed by atoms with Crippen LogP contribution in [-0.4, -0.2) is 72.5 Å². The van der Waals surface area contributed by atoms with Gasteiger partial charge in [0.2, 0.25) is 0 Å². The number of H-pyrrole nitrogens is 4. The summed E-state index contributed by atoms with van der Waals surface area (Å²) >= 11 is 0. The number of nitrogens with one attached hydrogen (secondary N) is 4. The average Bonchev–Trinajstić information content (AvgIpc) is 3.97. The zero-order valence-corrected chi connectivity index (χ0v) is 26.8. The molecule has 2 aromatic carbocycles. The largest absolute Gasteiger partial charge is 0.378 e. The summed E-state index contributed by atoms with van der Waals surface area (Å²) in [6, 6.07) is 35.1. The molecule has 8 heteroatoms. The van der Waals surface area contributed by atoms with Crippen molar-refractivity contribution in [3.8, 4) is 0 Å². The highest BCUT2D eigenvalue weighted by Crippen LogP contribution is 2.26. The zero-order chi connectivity index (χ0) is 31.9. The Kier molecular flexibility index (Phi) is 7.37. The molecule has 8 nitrogen and oxygen atoms in total. The quantitative estimate of drug-likeness (QED) is 0.240. The van der Waals surface area contributed by atoms with E-state index in [0.717, 1.165) is 119 Å². The third-order valence-corrected chi connectivity index (χ3v) is 9.60. The van der Waals surface area contributed by atoms with E-state index in [9.17, 15) is 0 Å². The van der Waals surface area contributed by atoms with Gasteiger partial charge in [0.15, 0.2) is 0 Å². The van der Waals surface area contributed by atoms with Crippen LogP contribution in [-0.2, 0) is 9.47 Å². The third-order valence-electron chi connectivity index (χ3n) is 9.60. The Morgan fingerprint density at radius 3 is 1.25 bits per heavy atom. The van der Waals surface area contributed by atoms with Gasteiger partial charge in [-0.3, -0.25) is 0 Å². The second-order valence-corrected chi connectivity index (χ2v) is 12.6. The number of ether oxygens (including phenoxy) is 2. The van der Waals surface area contributed by atoms with Crippen molar-refractivity contribution in [1.82, 2.24) is 19.9 Å². The fraction of sp³-hybridized carbons (Fsp3) is 0.200. The van der Waals surface area contributed by atoms with Gasteiger partial charge >= 0.3 is 0 Å². The number of benzene rings is 2. The van der Waals surface area contributed by atoms with Crippen molar-refractivity contribution in [2.75, 3.05) is 62.4 Å².